The summed E-state index contributed by atoms with van der Waals surface area (Å²) in [6, 6.07) is 5.21. The summed E-state index contributed by atoms with van der Waals surface area (Å²) in [5.41, 5.74) is 20.8. The highest BCUT2D eigenvalue weighted by Crippen LogP contribution is 2.18. The normalized spacial score (nSPS) is 13.4. The quantitative estimate of drug-likeness (QED) is 0.230. The number of anilines is 1. The Morgan fingerprint density at radius 1 is 1.31 bits per heavy atom. The SMILES string of the molecule is CN=Cc1cc(N=C/C=C(\N)[C@H](N)CCCCCC(=O)c2ncco2)ccc1N. The van der Waals surface area contributed by atoms with Crippen LogP contribution in [-0.2, 0) is 0 Å². The Balaban J connectivity index is 1.74. The first-order chi connectivity index (χ1) is 14.0. The van der Waals surface area contributed by atoms with Crippen molar-refractivity contribution in [2.75, 3.05) is 12.8 Å². The lowest BCUT2D eigenvalue weighted by Crippen LogP contribution is -2.27. The number of aliphatic imine (C=N–C) groups is 2. The van der Waals surface area contributed by atoms with Crippen LogP contribution in [0.2, 0.25) is 0 Å². The highest BCUT2D eigenvalue weighted by molar-refractivity contribution is 5.91. The molecule has 6 N–H and O–H groups in total. The number of hydrogen-bond acceptors (Lipinski definition) is 8. The van der Waals surface area contributed by atoms with Gasteiger partial charge >= 0.3 is 0 Å². The van der Waals surface area contributed by atoms with Crippen molar-refractivity contribution in [1.29, 1.82) is 0 Å². The van der Waals surface area contributed by atoms with Crippen LogP contribution in [0.25, 0.3) is 0 Å². The minimum Gasteiger partial charge on any atom is -0.442 e. The Labute approximate surface area is 170 Å². The largest absolute Gasteiger partial charge is 0.442 e. The molecule has 0 amide bonds. The van der Waals surface area contributed by atoms with Crippen molar-refractivity contribution in [1.82, 2.24) is 4.98 Å². The minimum atomic E-state index is -0.252. The molecule has 0 spiro atoms. The molecule has 1 heterocycles. The molecule has 29 heavy (non-hydrogen) atoms. The fourth-order valence-electron chi connectivity index (χ4n) is 2.69. The van der Waals surface area contributed by atoms with Gasteiger partial charge in [-0.25, -0.2) is 4.98 Å². The molecule has 154 valence electrons. The van der Waals surface area contributed by atoms with Crippen molar-refractivity contribution in [2.24, 2.45) is 21.5 Å². The Kier molecular flexibility index (Phi) is 8.78. The molecule has 0 fully saturated rings. The van der Waals surface area contributed by atoms with E-state index in [0.29, 0.717) is 17.8 Å². The molecule has 2 rings (SSSR count). The number of carbonyl (C=O) groups is 1. The van der Waals surface area contributed by atoms with Crippen LogP contribution in [0.3, 0.4) is 0 Å². The molecule has 0 bridgehead atoms. The molecular formula is C21H28N6O2. The van der Waals surface area contributed by atoms with Crippen LogP contribution in [0.5, 0.6) is 0 Å². The third-order valence-corrected chi connectivity index (χ3v) is 4.35. The average molecular weight is 396 g/mol. The zero-order valence-electron chi connectivity index (χ0n) is 16.6. The molecule has 0 radical (unpaired) electrons. The number of rotatable bonds is 11. The van der Waals surface area contributed by atoms with Crippen molar-refractivity contribution in [3.63, 3.8) is 0 Å². The number of nitrogens with two attached hydrogens (primary N) is 3. The first-order valence-electron chi connectivity index (χ1n) is 9.51. The first-order valence-corrected chi connectivity index (χ1v) is 9.51. The Morgan fingerprint density at radius 3 is 2.86 bits per heavy atom. The molecule has 0 aliphatic rings. The number of Topliss-reactive ketones (excluding diaryl/α,β-unsaturated/α-hetero) is 1. The van der Waals surface area contributed by atoms with E-state index in [1.807, 2.05) is 12.1 Å². The van der Waals surface area contributed by atoms with E-state index in [1.54, 1.807) is 31.6 Å². The van der Waals surface area contributed by atoms with E-state index in [1.165, 1.54) is 12.5 Å². The van der Waals surface area contributed by atoms with Crippen LogP contribution in [0.15, 0.2) is 56.8 Å². The molecule has 0 aliphatic carbocycles. The van der Waals surface area contributed by atoms with Crippen molar-refractivity contribution in [2.45, 2.75) is 38.1 Å². The molecular weight excluding hydrogens is 368 g/mol. The van der Waals surface area contributed by atoms with Crippen LogP contribution >= 0.6 is 0 Å². The van der Waals surface area contributed by atoms with Gasteiger partial charge < -0.3 is 21.6 Å². The van der Waals surface area contributed by atoms with E-state index in [2.05, 4.69) is 15.0 Å². The fraction of sp³-hybridized carbons (Fsp3) is 0.333. The summed E-state index contributed by atoms with van der Waals surface area (Å²) in [6.45, 7) is 0. The smallest absolute Gasteiger partial charge is 0.263 e. The predicted octanol–water partition coefficient (Wildman–Crippen LogP) is 3.01. The standard InChI is InChI=1S/C21H28N6O2/c1-25-14-15-13-16(7-8-17(15)22)26-10-9-19(24)18(23)5-3-2-4-6-20(28)21-27-11-12-29-21/h7-14,18H,2-6,22-24H2,1H3/b19-9-,25-14?,26-10?/t18-/m1/s1. The molecule has 0 unspecified atom stereocenters. The van der Waals surface area contributed by atoms with Gasteiger partial charge in [0, 0.05) is 48.9 Å². The maximum Gasteiger partial charge on any atom is 0.263 e. The fourth-order valence-corrected chi connectivity index (χ4v) is 2.69. The van der Waals surface area contributed by atoms with Gasteiger partial charge in [0.1, 0.15) is 6.26 Å². The van der Waals surface area contributed by atoms with E-state index in [9.17, 15) is 4.79 Å². The van der Waals surface area contributed by atoms with Gasteiger partial charge in [-0.3, -0.25) is 14.8 Å². The Morgan fingerprint density at radius 2 is 2.14 bits per heavy atom. The van der Waals surface area contributed by atoms with Crippen LogP contribution in [0.4, 0.5) is 11.4 Å². The summed E-state index contributed by atoms with van der Waals surface area (Å²) in [5, 5.41) is 0. The summed E-state index contributed by atoms with van der Waals surface area (Å²) in [7, 11) is 1.69. The Hall–Kier alpha value is -3.26. The molecule has 8 heteroatoms. The van der Waals surface area contributed by atoms with Gasteiger partial charge in [-0.15, -0.1) is 0 Å². The maximum atomic E-state index is 11.8. The highest BCUT2D eigenvalue weighted by Gasteiger charge is 2.10. The summed E-state index contributed by atoms with van der Waals surface area (Å²) in [5.74, 6) is 0.0920. The number of allylic oxidation sites excluding steroid dienone is 1. The van der Waals surface area contributed by atoms with Gasteiger partial charge in [0.2, 0.25) is 5.78 Å². The van der Waals surface area contributed by atoms with Gasteiger partial charge in [0.15, 0.2) is 0 Å². The number of ketones is 1. The van der Waals surface area contributed by atoms with Crippen molar-refractivity contribution in [3.8, 4) is 0 Å². The van der Waals surface area contributed by atoms with Gasteiger partial charge in [0.25, 0.3) is 5.89 Å². The van der Waals surface area contributed by atoms with Crippen LogP contribution < -0.4 is 17.2 Å². The second-order valence-corrected chi connectivity index (χ2v) is 6.61. The van der Waals surface area contributed by atoms with Gasteiger partial charge in [-0.1, -0.05) is 12.8 Å². The number of aromatic nitrogens is 1. The minimum absolute atomic E-state index is 0.0778. The molecule has 2 aromatic rings. The summed E-state index contributed by atoms with van der Waals surface area (Å²) in [4.78, 5) is 24.0. The topological polar surface area (TPSA) is 146 Å². The second kappa shape index (κ2) is 11.6. The number of nitrogens with zero attached hydrogens (tertiary/aromatic N) is 3. The maximum absolute atomic E-state index is 11.8. The molecule has 0 aliphatic heterocycles. The lowest BCUT2D eigenvalue weighted by Gasteiger charge is -2.11. The summed E-state index contributed by atoms with van der Waals surface area (Å²) in [6.07, 6.45) is 11.6. The average Bonchev–Trinajstić information content (AvgIpc) is 3.25. The van der Waals surface area contributed by atoms with Crippen LogP contribution in [0.1, 0.15) is 48.4 Å². The number of nitrogen functional groups attached to an aromatic ring is 1. The predicted molar refractivity (Wildman–Crippen MR) is 117 cm³/mol. The van der Waals surface area contributed by atoms with Crippen molar-refractivity contribution < 1.29 is 9.21 Å². The molecule has 0 saturated carbocycles. The lowest BCUT2D eigenvalue weighted by molar-refractivity contribution is 0.0945. The van der Waals surface area contributed by atoms with E-state index < -0.39 is 0 Å². The van der Waals surface area contributed by atoms with Crippen molar-refractivity contribution >= 4 is 29.6 Å². The molecule has 8 nitrogen and oxygen atoms in total. The monoisotopic (exact) mass is 396 g/mol. The zero-order valence-corrected chi connectivity index (χ0v) is 16.6. The molecule has 1 aromatic heterocycles. The van der Waals surface area contributed by atoms with Gasteiger partial charge in [-0.2, -0.15) is 0 Å². The third-order valence-electron chi connectivity index (χ3n) is 4.35. The number of benzene rings is 1. The molecule has 0 saturated heterocycles. The number of oxazole rings is 1. The van der Waals surface area contributed by atoms with E-state index in [4.69, 9.17) is 21.6 Å². The van der Waals surface area contributed by atoms with E-state index in [-0.39, 0.29) is 17.7 Å². The number of carbonyl (C=O) groups excluding carboxylic acids is 1. The van der Waals surface area contributed by atoms with E-state index in [0.717, 1.165) is 36.9 Å². The first kappa shape index (κ1) is 22.0. The van der Waals surface area contributed by atoms with Gasteiger partial charge in [-0.05, 0) is 37.1 Å². The van der Waals surface area contributed by atoms with E-state index >= 15 is 0 Å². The lowest BCUT2D eigenvalue weighted by atomic mass is 10.0. The molecule has 1 aromatic carbocycles. The highest BCUT2D eigenvalue weighted by atomic mass is 16.3. The van der Waals surface area contributed by atoms with Gasteiger partial charge in [0.05, 0.1) is 11.9 Å². The second-order valence-electron chi connectivity index (χ2n) is 6.61. The number of hydrogen-bond donors (Lipinski definition) is 3. The van der Waals surface area contributed by atoms with Crippen LogP contribution in [-0.4, -0.2) is 36.3 Å². The Bertz CT molecular complexity index is 871. The number of unbranched alkanes of at least 4 members (excludes halogenated alkanes) is 2. The zero-order chi connectivity index (χ0) is 21.1. The third kappa shape index (κ3) is 7.34. The molecule has 1 atom stereocenters. The van der Waals surface area contributed by atoms with Crippen molar-refractivity contribution in [3.05, 3.63) is 53.9 Å². The summed E-state index contributed by atoms with van der Waals surface area (Å²) < 4.78 is 4.99. The summed E-state index contributed by atoms with van der Waals surface area (Å²) >= 11 is 0. The van der Waals surface area contributed by atoms with Crippen LogP contribution in [0, 0.1) is 0 Å².